The first kappa shape index (κ1) is 14.1. The van der Waals surface area contributed by atoms with Crippen LogP contribution in [0.1, 0.15) is 27.2 Å². The number of thioether (sulfide) groups is 1. The molecule has 1 saturated heterocycles. The topological polar surface area (TPSA) is 46.6 Å². The van der Waals surface area contributed by atoms with Crippen LogP contribution in [0, 0.1) is 0 Å². The number of carbonyl (C=O) groups excluding carboxylic acids is 2. The zero-order valence-electron chi connectivity index (χ0n) is 10.6. The highest BCUT2D eigenvalue weighted by Crippen LogP contribution is 2.25. The van der Waals surface area contributed by atoms with Crippen LogP contribution < -0.4 is 0 Å². The smallest absolute Gasteiger partial charge is 0.329 e. The molecule has 0 aliphatic carbocycles. The van der Waals surface area contributed by atoms with E-state index in [4.69, 9.17) is 4.74 Å². The highest BCUT2D eigenvalue weighted by atomic mass is 32.2. The number of carbonyl (C=O) groups is 2. The Kier molecular flexibility index (Phi) is 5.55. The number of esters is 1. The Balaban J connectivity index is 2.56. The summed E-state index contributed by atoms with van der Waals surface area (Å²) in [5.74, 6) is 0.218. The van der Waals surface area contributed by atoms with E-state index in [-0.39, 0.29) is 11.2 Å². The van der Waals surface area contributed by atoms with E-state index in [1.54, 1.807) is 11.8 Å². The van der Waals surface area contributed by atoms with Gasteiger partial charge in [-0.1, -0.05) is 23.4 Å². The first-order valence-electron chi connectivity index (χ1n) is 5.79. The van der Waals surface area contributed by atoms with Crippen LogP contribution in [0.2, 0.25) is 0 Å². The normalized spacial score (nSPS) is 19.4. The summed E-state index contributed by atoms with van der Waals surface area (Å²) in [6, 6.07) is -0.405. The second-order valence-corrected chi connectivity index (χ2v) is 5.08. The maximum absolute atomic E-state index is 11.7. The van der Waals surface area contributed by atoms with Crippen molar-refractivity contribution in [2.24, 2.45) is 0 Å². The first-order valence-corrected chi connectivity index (χ1v) is 6.78. The highest BCUT2D eigenvalue weighted by Gasteiger charge is 2.37. The number of amides is 1. The summed E-state index contributed by atoms with van der Waals surface area (Å²) >= 11 is 1.19. The quantitative estimate of drug-likeness (QED) is 0.560. The molecule has 1 amide bonds. The number of ether oxygens (including phenoxy) is 1. The van der Waals surface area contributed by atoms with Gasteiger partial charge in [0.05, 0.1) is 6.61 Å². The van der Waals surface area contributed by atoms with Crippen molar-refractivity contribution < 1.29 is 14.3 Å². The lowest BCUT2D eigenvalue weighted by atomic mass is 10.2. The van der Waals surface area contributed by atoms with Gasteiger partial charge in [0.1, 0.15) is 6.04 Å². The predicted octanol–water partition coefficient (Wildman–Crippen LogP) is 2.44. The maximum atomic E-state index is 11.7. The van der Waals surface area contributed by atoms with Crippen LogP contribution >= 0.6 is 11.8 Å². The van der Waals surface area contributed by atoms with Gasteiger partial charge in [-0.05, 0) is 27.2 Å². The lowest BCUT2D eigenvalue weighted by Crippen LogP contribution is -2.41. The molecule has 4 nitrogen and oxygen atoms in total. The lowest BCUT2D eigenvalue weighted by Gasteiger charge is -2.21. The summed E-state index contributed by atoms with van der Waals surface area (Å²) in [6.07, 6.45) is 2.85. The Labute approximate surface area is 106 Å². The molecule has 1 aliphatic heterocycles. The van der Waals surface area contributed by atoms with Gasteiger partial charge >= 0.3 is 5.97 Å². The van der Waals surface area contributed by atoms with Gasteiger partial charge in [0.25, 0.3) is 5.24 Å². The van der Waals surface area contributed by atoms with Crippen molar-refractivity contribution in [1.29, 1.82) is 0 Å². The van der Waals surface area contributed by atoms with Crippen LogP contribution in [-0.2, 0) is 9.53 Å². The molecule has 0 aromatic rings. The van der Waals surface area contributed by atoms with E-state index in [1.807, 2.05) is 13.8 Å². The third-order valence-corrected chi connectivity index (χ3v) is 3.42. The monoisotopic (exact) mass is 257 g/mol. The largest absolute Gasteiger partial charge is 0.464 e. The molecule has 0 N–H and O–H groups in total. The molecule has 17 heavy (non-hydrogen) atoms. The van der Waals surface area contributed by atoms with Gasteiger partial charge in [0.2, 0.25) is 0 Å². The Bertz CT molecular complexity index is 324. The predicted molar refractivity (Wildman–Crippen MR) is 69.0 cm³/mol. The highest BCUT2D eigenvalue weighted by molar-refractivity contribution is 8.13. The van der Waals surface area contributed by atoms with E-state index in [0.29, 0.717) is 18.9 Å². The molecule has 96 valence electrons. The number of rotatable bonds is 5. The molecule has 0 bridgehead atoms. The van der Waals surface area contributed by atoms with E-state index < -0.39 is 6.04 Å². The Morgan fingerprint density at radius 2 is 2.29 bits per heavy atom. The van der Waals surface area contributed by atoms with E-state index in [9.17, 15) is 9.59 Å². The fourth-order valence-corrected chi connectivity index (χ4v) is 2.62. The van der Waals surface area contributed by atoms with Gasteiger partial charge in [-0.25, -0.2) is 4.79 Å². The van der Waals surface area contributed by atoms with Crippen molar-refractivity contribution >= 4 is 23.0 Å². The second-order valence-electron chi connectivity index (χ2n) is 4.11. The molecule has 0 spiro atoms. The molecule has 0 aromatic heterocycles. The van der Waals surface area contributed by atoms with Crippen LogP contribution in [0.3, 0.4) is 0 Å². The Morgan fingerprint density at radius 3 is 2.88 bits per heavy atom. The molecule has 1 rings (SSSR count). The molecule has 1 heterocycles. The Morgan fingerprint density at radius 1 is 1.59 bits per heavy atom. The second kappa shape index (κ2) is 6.69. The minimum atomic E-state index is -0.405. The summed E-state index contributed by atoms with van der Waals surface area (Å²) in [5, 5.41) is -0.0230. The summed E-state index contributed by atoms with van der Waals surface area (Å²) in [5.41, 5.74) is 1.22. The molecule has 0 radical (unpaired) electrons. The SMILES string of the molecule is CCOC(=O)[C@@H]1CSC(=O)N1CCC=C(C)C. The fraction of sp³-hybridized carbons (Fsp3) is 0.667. The zero-order chi connectivity index (χ0) is 12.8. The summed E-state index contributed by atoms with van der Waals surface area (Å²) in [4.78, 5) is 24.9. The molecular weight excluding hydrogens is 238 g/mol. The van der Waals surface area contributed by atoms with E-state index >= 15 is 0 Å². The van der Waals surface area contributed by atoms with Crippen molar-refractivity contribution in [3.8, 4) is 0 Å². The maximum Gasteiger partial charge on any atom is 0.329 e. The van der Waals surface area contributed by atoms with Crippen molar-refractivity contribution in [3.63, 3.8) is 0 Å². The van der Waals surface area contributed by atoms with Crippen LogP contribution in [0.4, 0.5) is 4.79 Å². The molecule has 1 fully saturated rings. The molecule has 1 atom stereocenters. The van der Waals surface area contributed by atoms with Crippen molar-refractivity contribution in [3.05, 3.63) is 11.6 Å². The molecule has 5 heteroatoms. The van der Waals surface area contributed by atoms with Crippen LogP contribution in [0.15, 0.2) is 11.6 Å². The van der Waals surface area contributed by atoms with Gasteiger partial charge in [-0.2, -0.15) is 0 Å². The fourth-order valence-electron chi connectivity index (χ4n) is 1.62. The number of nitrogens with zero attached hydrogens (tertiary/aromatic N) is 1. The van der Waals surface area contributed by atoms with E-state index in [2.05, 4.69) is 6.08 Å². The average molecular weight is 257 g/mol. The number of hydrogen-bond donors (Lipinski definition) is 0. The number of allylic oxidation sites excluding steroid dienone is 1. The zero-order valence-corrected chi connectivity index (χ0v) is 11.4. The van der Waals surface area contributed by atoms with Crippen molar-refractivity contribution in [2.75, 3.05) is 18.9 Å². The van der Waals surface area contributed by atoms with Crippen molar-refractivity contribution in [2.45, 2.75) is 33.2 Å². The third kappa shape index (κ3) is 4.07. The third-order valence-electron chi connectivity index (χ3n) is 2.46. The van der Waals surface area contributed by atoms with E-state index in [0.717, 1.165) is 6.42 Å². The average Bonchev–Trinajstić information content (AvgIpc) is 2.60. The molecule has 0 saturated carbocycles. The number of hydrogen-bond acceptors (Lipinski definition) is 4. The Hall–Kier alpha value is -0.970. The van der Waals surface area contributed by atoms with Gasteiger partial charge in [-0.15, -0.1) is 0 Å². The van der Waals surface area contributed by atoms with Gasteiger partial charge in [0.15, 0.2) is 0 Å². The molecular formula is C12H19NO3S. The summed E-state index contributed by atoms with van der Waals surface area (Å²) < 4.78 is 4.97. The molecule has 1 aliphatic rings. The molecule has 0 unspecified atom stereocenters. The van der Waals surface area contributed by atoms with Gasteiger partial charge in [-0.3, -0.25) is 4.79 Å². The van der Waals surface area contributed by atoms with Crippen LogP contribution in [0.25, 0.3) is 0 Å². The van der Waals surface area contributed by atoms with Crippen LogP contribution in [-0.4, -0.2) is 41.1 Å². The lowest BCUT2D eigenvalue weighted by molar-refractivity contribution is -0.147. The minimum Gasteiger partial charge on any atom is -0.464 e. The van der Waals surface area contributed by atoms with E-state index in [1.165, 1.54) is 17.3 Å². The standard InChI is InChI=1S/C12H19NO3S/c1-4-16-11(14)10-8-17-12(15)13(10)7-5-6-9(2)3/h6,10H,4-5,7-8H2,1-3H3/t10-/m0/s1. The van der Waals surface area contributed by atoms with Gasteiger partial charge in [0, 0.05) is 12.3 Å². The molecule has 0 aromatic carbocycles. The van der Waals surface area contributed by atoms with Crippen LogP contribution in [0.5, 0.6) is 0 Å². The van der Waals surface area contributed by atoms with Crippen molar-refractivity contribution in [1.82, 2.24) is 4.90 Å². The first-order chi connectivity index (χ1) is 8.06. The summed E-state index contributed by atoms with van der Waals surface area (Å²) in [7, 11) is 0. The van der Waals surface area contributed by atoms with Gasteiger partial charge < -0.3 is 9.64 Å². The minimum absolute atomic E-state index is 0.0230. The summed E-state index contributed by atoms with van der Waals surface area (Å²) in [6.45, 7) is 6.75.